The Morgan fingerprint density at radius 3 is 2.58 bits per heavy atom. The molecule has 0 fully saturated rings. The number of hydrogen-bond donors (Lipinski definition) is 1. The Hall–Kier alpha value is -2.25. The Balaban J connectivity index is 1.79. The molecule has 0 atom stereocenters. The molecule has 0 radical (unpaired) electrons. The largest absolute Gasteiger partial charge is 0.301 e. The Labute approximate surface area is 144 Å². The smallest absolute Gasteiger partial charge is 0.241 e. The number of hydrogen-bond acceptors (Lipinski definition) is 5. The number of anilines is 1. The highest BCUT2D eigenvalue weighted by Gasteiger charge is 2.20. The molecule has 0 aliphatic carbocycles. The standard InChI is InChI=1S/C17H16N2O3S2/c1-11-8-12(2)16-14(9-11)23-17(19-16)18-15(20)10-24(21,22)13-6-4-3-5-7-13/h3-9H,10H2,1-2H3,(H,18,19,20). The third-order valence-electron chi connectivity index (χ3n) is 3.50. The number of fused-ring (bicyclic) bond motifs is 1. The van der Waals surface area contributed by atoms with Crippen LogP contribution in [0.15, 0.2) is 47.4 Å². The van der Waals surface area contributed by atoms with Crippen molar-refractivity contribution in [1.29, 1.82) is 0 Å². The van der Waals surface area contributed by atoms with Gasteiger partial charge in [-0.1, -0.05) is 35.6 Å². The number of amides is 1. The number of carbonyl (C=O) groups is 1. The molecule has 1 N–H and O–H groups in total. The van der Waals surface area contributed by atoms with Crippen LogP contribution in [0.2, 0.25) is 0 Å². The van der Waals surface area contributed by atoms with Crippen molar-refractivity contribution in [3.63, 3.8) is 0 Å². The third kappa shape index (κ3) is 3.47. The molecule has 0 aliphatic rings. The Bertz CT molecular complexity index is 1010. The minimum atomic E-state index is -3.66. The van der Waals surface area contributed by atoms with Gasteiger partial charge in [0, 0.05) is 0 Å². The monoisotopic (exact) mass is 360 g/mol. The van der Waals surface area contributed by atoms with Crippen molar-refractivity contribution in [2.75, 3.05) is 11.1 Å². The highest BCUT2D eigenvalue weighted by atomic mass is 32.2. The molecular weight excluding hydrogens is 344 g/mol. The fourth-order valence-electron chi connectivity index (χ4n) is 2.46. The van der Waals surface area contributed by atoms with E-state index in [9.17, 15) is 13.2 Å². The average Bonchev–Trinajstić information content (AvgIpc) is 2.90. The van der Waals surface area contributed by atoms with Gasteiger partial charge in [-0.05, 0) is 43.2 Å². The van der Waals surface area contributed by atoms with Crippen LogP contribution in [0, 0.1) is 13.8 Å². The SMILES string of the molecule is Cc1cc(C)c2nc(NC(=O)CS(=O)(=O)c3ccccc3)sc2c1. The lowest BCUT2D eigenvalue weighted by Gasteiger charge is -2.04. The number of aromatic nitrogens is 1. The van der Waals surface area contributed by atoms with Crippen LogP contribution < -0.4 is 5.32 Å². The number of carbonyl (C=O) groups excluding carboxylic acids is 1. The molecule has 2 aromatic carbocycles. The van der Waals surface area contributed by atoms with Crippen LogP contribution in [-0.4, -0.2) is 25.1 Å². The fourth-order valence-corrected chi connectivity index (χ4v) is 4.68. The minimum absolute atomic E-state index is 0.135. The highest BCUT2D eigenvalue weighted by Crippen LogP contribution is 2.29. The summed E-state index contributed by atoms with van der Waals surface area (Å²) in [6.45, 7) is 3.96. The zero-order valence-electron chi connectivity index (χ0n) is 13.2. The Morgan fingerprint density at radius 2 is 1.88 bits per heavy atom. The summed E-state index contributed by atoms with van der Waals surface area (Å²) in [5.41, 5.74) is 2.97. The minimum Gasteiger partial charge on any atom is -0.301 e. The molecule has 124 valence electrons. The summed E-state index contributed by atoms with van der Waals surface area (Å²) < 4.78 is 25.4. The second-order valence-corrected chi connectivity index (χ2v) is 8.59. The Morgan fingerprint density at radius 1 is 1.17 bits per heavy atom. The van der Waals surface area contributed by atoms with Crippen molar-refractivity contribution < 1.29 is 13.2 Å². The highest BCUT2D eigenvalue weighted by molar-refractivity contribution is 7.92. The molecule has 0 bridgehead atoms. The van der Waals surface area contributed by atoms with Crippen molar-refractivity contribution in [1.82, 2.24) is 4.98 Å². The molecule has 5 nitrogen and oxygen atoms in total. The average molecular weight is 360 g/mol. The molecule has 3 rings (SSSR count). The molecule has 24 heavy (non-hydrogen) atoms. The number of rotatable bonds is 4. The van der Waals surface area contributed by atoms with Gasteiger partial charge in [-0.25, -0.2) is 13.4 Å². The predicted molar refractivity (Wildman–Crippen MR) is 96.2 cm³/mol. The van der Waals surface area contributed by atoms with E-state index in [1.165, 1.54) is 23.5 Å². The molecule has 7 heteroatoms. The molecule has 0 unspecified atom stereocenters. The zero-order valence-corrected chi connectivity index (χ0v) is 14.9. The Kier molecular flexibility index (Phi) is 4.38. The van der Waals surface area contributed by atoms with Gasteiger partial charge in [0.25, 0.3) is 0 Å². The first-order valence-electron chi connectivity index (χ1n) is 7.30. The molecule has 0 saturated carbocycles. The van der Waals surface area contributed by atoms with Crippen LogP contribution in [0.5, 0.6) is 0 Å². The number of thiazole rings is 1. The quantitative estimate of drug-likeness (QED) is 0.774. The predicted octanol–water partition coefficient (Wildman–Crippen LogP) is 3.33. The maximum atomic E-state index is 12.2. The van der Waals surface area contributed by atoms with Crippen LogP contribution >= 0.6 is 11.3 Å². The molecule has 3 aromatic rings. The molecule has 0 saturated heterocycles. The molecule has 1 amide bonds. The summed E-state index contributed by atoms with van der Waals surface area (Å²) in [5.74, 6) is -1.20. The maximum Gasteiger partial charge on any atom is 0.241 e. The molecular formula is C17H16N2O3S2. The first-order valence-corrected chi connectivity index (χ1v) is 9.77. The van der Waals surface area contributed by atoms with E-state index < -0.39 is 21.5 Å². The normalized spacial score (nSPS) is 11.6. The van der Waals surface area contributed by atoms with Crippen LogP contribution in [0.3, 0.4) is 0 Å². The van der Waals surface area contributed by atoms with Gasteiger partial charge in [-0.2, -0.15) is 0 Å². The van der Waals surface area contributed by atoms with Crippen molar-refractivity contribution in [2.45, 2.75) is 18.7 Å². The maximum absolute atomic E-state index is 12.2. The summed E-state index contributed by atoms with van der Waals surface area (Å²) in [6.07, 6.45) is 0. The van der Waals surface area contributed by atoms with E-state index >= 15 is 0 Å². The van der Waals surface area contributed by atoms with Gasteiger partial charge >= 0.3 is 0 Å². The molecule has 1 aromatic heterocycles. The molecule has 0 aliphatic heterocycles. The van der Waals surface area contributed by atoms with Crippen molar-refractivity contribution in [3.05, 3.63) is 53.6 Å². The number of benzene rings is 2. The lowest BCUT2D eigenvalue weighted by atomic mass is 10.1. The van der Waals surface area contributed by atoms with Gasteiger partial charge in [-0.15, -0.1) is 0 Å². The number of nitrogens with zero attached hydrogens (tertiary/aromatic N) is 1. The van der Waals surface area contributed by atoms with Crippen molar-refractivity contribution in [2.24, 2.45) is 0 Å². The van der Waals surface area contributed by atoms with Gasteiger partial charge in [-0.3, -0.25) is 4.79 Å². The zero-order chi connectivity index (χ0) is 17.3. The van der Waals surface area contributed by atoms with E-state index in [4.69, 9.17) is 0 Å². The van der Waals surface area contributed by atoms with Crippen molar-refractivity contribution in [3.8, 4) is 0 Å². The third-order valence-corrected chi connectivity index (χ3v) is 6.05. The topological polar surface area (TPSA) is 76.1 Å². The summed E-state index contributed by atoms with van der Waals surface area (Å²) in [5, 5.41) is 3.00. The van der Waals surface area contributed by atoms with E-state index in [0.717, 1.165) is 21.3 Å². The first kappa shape index (κ1) is 16.6. The van der Waals surface area contributed by atoms with E-state index in [-0.39, 0.29) is 4.90 Å². The second kappa shape index (κ2) is 6.33. The lowest BCUT2D eigenvalue weighted by molar-refractivity contribution is -0.113. The van der Waals surface area contributed by atoms with Gasteiger partial charge in [0.2, 0.25) is 5.91 Å². The summed E-state index contributed by atoms with van der Waals surface area (Å²) >= 11 is 1.34. The van der Waals surface area contributed by atoms with E-state index in [1.54, 1.807) is 18.2 Å². The molecule has 1 heterocycles. The van der Waals surface area contributed by atoms with E-state index in [1.807, 2.05) is 26.0 Å². The van der Waals surface area contributed by atoms with Crippen LogP contribution in [0.25, 0.3) is 10.2 Å². The van der Waals surface area contributed by atoms with Gasteiger partial charge in [0.05, 0.1) is 15.1 Å². The summed E-state index contributed by atoms with van der Waals surface area (Å²) in [4.78, 5) is 16.6. The fraction of sp³-hybridized carbons (Fsp3) is 0.176. The summed E-state index contributed by atoms with van der Waals surface area (Å²) in [6, 6.07) is 12.0. The van der Waals surface area contributed by atoms with Gasteiger partial charge in [0.1, 0.15) is 5.75 Å². The number of sulfone groups is 1. The van der Waals surface area contributed by atoms with E-state index in [0.29, 0.717) is 5.13 Å². The van der Waals surface area contributed by atoms with Crippen LogP contribution in [0.4, 0.5) is 5.13 Å². The van der Waals surface area contributed by atoms with Crippen molar-refractivity contribution >= 4 is 42.4 Å². The van der Waals surface area contributed by atoms with Crippen LogP contribution in [-0.2, 0) is 14.6 Å². The van der Waals surface area contributed by atoms with Crippen LogP contribution in [0.1, 0.15) is 11.1 Å². The van der Waals surface area contributed by atoms with Gasteiger partial charge in [0.15, 0.2) is 15.0 Å². The number of aryl methyl sites for hydroxylation is 2. The first-order chi connectivity index (χ1) is 11.3. The second-order valence-electron chi connectivity index (χ2n) is 5.57. The summed E-state index contributed by atoms with van der Waals surface area (Å²) in [7, 11) is -3.66. The lowest BCUT2D eigenvalue weighted by Crippen LogP contribution is -2.22. The van der Waals surface area contributed by atoms with Gasteiger partial charge < -0.3 is 5.32 Å². The molecule has 0 spiro atoms. The number of nitrogens with one attached hydrogen (secondary N) is 1. The van der Waals surface area contributed by atoms with E-state index in [2.05, 4.69) is 10.3 Å².